The molecule has 0 aromatic carbocycles. The van der Waals surface area contributed by atoms with Crippen LogP contribution in [-0.2, 0) is 9.52 Å². The Bertz CT molecular complexity index is 235. The quantitative estimate of drug-likeness (QED) is 0.558. The van der Waals surface area contributed by atoms with Gasteiger partial charge in [-0.2, -0.15) is 0 Å². The van der Waals surface area contributed by atoms with E-state index < -0.39 is 9.52 Å². The lowest BCUT2D eigenvalue weighted by Gasteiger charge is -2.39. The van der Waals surface area contributed by atoms with E-state index >= 15 is 0 Å². The first-order valence-corrected chi connectivity index (χ1v) is 6.45. The second-order valence-corrected chi connectivity index (χ2v) is 7.28. The van der Waals surface area contributed by atoms with Gasteiger partial charge in [-0.25, -0.2) is 0 Å². The third-order valence-electron chi connectivity index (χ3n) is 2.42. The molecule has 0 bridgehead atoms. The van der Waals surface area contributed by atoms with E-state index in [-0.39, 0.29) is 13.0 Å². The molecule has 1 heterocycles. The first-order valence-electron chi connectivity index (χ1n) is 4.39. The van der Waals surface area contributed by atoms with Crippen LogP contribution in [0, 0.1) is 0 Å². The number of nitrogens with zero attached hydrogens (tertiary/aromatic N) is 1. The van der Waals surface area contributed by atoms with Crippen LogP contribution in [0.2, 0.25) is 0 Å². The first-order chi connectivity index (χ1) is 5.31. The summed E-state index contributed by atoms with van der Waals surface area (Å²) in [4.78, 5) is 2.38. The molecule has 13 heavy (non-hydrogen) atoms. The fourth-order valence-corrected chi connectivity index (χ4v) is 2.75. The molecule has 0 spiro atoms. The van der Waals surface area contributed by atoms with Gasteiger partial charge in [-0.1, -0.05) is 7.43 Å². The minimum absolute atomic E-state index is 0. The van der Waals surface area contributed by atoms with E-state index in [1.807, 2.05) is 0 Å². The smallest absolute Gasteiger partial charge is 0.0287 e. The number of rotatable bonds is 0. The zero-order chi connectivity index (χ0) is 9.41. The lowest BCUT2D eigenvalue weighted by atomic mass is 10.1. The van der Waals surface area contributed by atoms with Crippen molar-refractivity contribution < 1.29 is 4.21 Å². The van der Waals surface area contributed by atoms with Gasteiger partial charge in [-0.15, -0.1) is 0 Å². The highest BCUT2D eigenvalue weighted by Gasteiger charge is 2.25. The summed E-state index contributed by atoms with van der Waals surface area (Å²) in [6.45, 7) is 8.47. The molecule has 0 amide bonds. The standard InChI is InChI=1S/C9H19NOS.CH4/c1-9(2,3)10-5-7-12(4,11)8-6-10;/h4-8H2,1-3H3;1H4. The van der Waals surface area contributed by atoms with Gasteiger partial charge in [0.1, 0.15) is 0 Å². The highest BCUT2D eigenvalue weighted by Crippen LogP contribution is 2.16. The van der Waals surface area contributed by atoms with Gasteiger partial charge in [0.2, 0.25) is 0 Å². The Labute approximate surface area is 83.3 Å². The maximum atomic E-state index is 11.5. The van der Waals surface area contributed by atoms with Crippen molar-refractivity contribution in [3.05, 3.63) is 0 Å². The number of hydrogen-bond acceptors (Lipinski definition) is 2. The summed E-state index contributed by atoms with van der Waals surface area (Å²) >= 11 is 0. The van der Waals surface area contributed by atoms with Gasteiger partial charge in [0, 0.05) is 30.1 Å². The Morgan fingerprint density at radius 2 is 1.62 bits per heavy atom. The van der Waals surface area contributed by atoms with E-state index in [0.29, 0.717) is 0 Å². The molecule has 0 unspecified atom stereocenters. The Morgan fingerprint density at radius 3 is 1.92 bits per heavy atom. The average Bonchev–Trinajstić information content (AvgIpc) is 1.83. The van der Waals surface area contributed by atoms with Gasteiger partial charge < -0.3 is 0 Å². The zero-order valence-corrected chi connectivity index (χ0v) is 9.12. The SMILES string of the molecule is C.C=S1(=O)CCN(C(C)(C)C)CC1. The summed E-state index contributed by atoms with van der Waals surface area (Å²) in [5.74, 6) is 5.28. The summed E-state index contributed by atoms with van der Waals surface area (Å²) in [5, 5.41) is 0. The van der Waals surface area contributed by atoms with Crippen LogP contribution in [0.1, 0.15) is 28.2 Å². The van der Waals surface area contributed by atoms with E-state index in [1.54, 1.807) is 0 Å². The van der Waals surface area contributed by atoms with Crippen LogP contribution in [0.4, 0.5) is 0 Å². The van der Waals surface area contributed by atoms with Crippen molar-refractivity contribution in [2.75, 3.05) is 24.6 Å². The Hall–Kier alpha value is -0.0200. The molecule has 0 aromatic heterocycles. The van der Waals surface area contributed by atoms with Crippen LogP contribution in [0.15, 0.2) is 0 Å². The molecular weight excluding hydrogens is 182 g/mol. The highest BCUT2D eigenvalue weighted by atomic mass is 32.2. The Kier molecular flexibility index (Phi) is 4.00. The molecule has 0 radical (unpaired) electrons. The number of hydrogen-bond donors (Lipinski definition) is 0. The summed E-state index contributed by atoms with van der Waals surface area (Å²) in [5.41, 5.74) is 0.218. The van der Waals surface area contributed by atoms with Crippen molar-refractivity contribution in [2.24, 2.45) is 0 Å². The van der Waals surface area contributed by atoms with Crippen molar-refractivity contribution >= 4 is 15.4 Å². The summed E-state index contributed by atoms with van der Waals surface area (Å²) in [7, 11) is -1.72. The third kappa shape index (κ3) is 3.69. The van der Waals surface area contributed by atoms with Crippen molar-refractivity contribution in [1.29, 1.82) is 0 Å². The molecule has 2 nitrogen and oxygen atoms in total. The van der Waals surface area contributed by atoms with Gasteiger partial charge in [-0.3, -0.25) is 9.11 Å². The highest BCUT2D eigenvalue weighted by molar-refractivity contribution is 8.00. The predicted octanol–water partition coefficient (Wildman–Crippen LogP) is 1.45. The second kappa shape index (κ2) is 4.01. The molecule has 80 valence electrons. The first kappa shape index (κ1) is 13.0. The summed E-state index contributed by atoms with van der Waals surface area (Å²) in [6, 6.07) is 0. The molecule has 0 aliphatic carbocycles. The molecule has 1 rings (SSSR count). The maximum absolute atomic E-state index is 11.5. The van der Waals surface area contributed by atoms with Crippen LogP contribution in [-0.4, -0.2) is 45.1 Å². The fraction of sp³-hybridized carbons (Fsp3) is 0.900. The van der Waals surface area contributed by atoms with Gasteiger partial charge in [0.05, 0.1) is 0 Å². The van der Waals surface area contributed by atoms with E-state index in [1.165, 1.54) is 0 Å². The lowest BCUT2D eigenvalue weighted by Crippen LogP contribution is -2.49. The van der Waals surface area contributed by atoms with Crippen molar-refractivity contribution in [3.63, 3.8) is 0 Å². The van der Waals surface area contributed by atoms with Crippen molar-refractivity contribution in [3.8, 4) is 0 Å². The van der Waals surface area contributed by atoms with Crippen molar-refractivity contribution in [2.45, 2.75) is 33.7 Å². The molecule has 1 saturated heterocycles. The second-order valence-electron chi connectivity index (χ2n) is 4.53. The van der Waals surface area contributed by atoms with Gasteiger partial charge in [-0.05, 0) is 36.2 Å². The van der Waals surface area contributed by atoms with Crippen LogP contribution >= 0.6 is 0 Å². The van der Waals surface area contributed by atoms with Crippen LogP contribution in [0.25, 0.3) is 0 Å². The van der Waals surface area contributed by atoms with E-state index in [9.17, 15) is 4.21 Å². The molecule has 1 aliphatic rings. The lowest BCUT2D eigenvalue weighted by molar-refractivity contribution is 0.151. The monoisotopic (exact) mass is 205 g/mol. The molecule has 0 N–H and O–H groups in total. The topological polar surface area (TPSA) is 20.3 Å². The van der Waals surface area contributed by atoms with E-state index in [0.717, 1.165) is 24.6 Å². The average molecular weight is 205 g/mol. The maximum Gasteiger partial charge on any atom is 0.0287 e. The van der Waals surface area contributed by atoms with Gasteiger partial charge in [0.25, 0.3) is 0 Å². The Morgan fingerprint density at radius 1 is 1.23 bits per heavy atom. The summed E-state index contributed by atoms with van der Waals surface area (Å²) in [6.07, 6.45) is 0. The predicted molar refractivity (Wildman–Crippen MR) is 63.1 cm³/mol. The van der Waals surface area contributed by atoms with E-state index in [4.69, 9.17) is 0 Å². The summed E-state index contributed by atoms with van der Waals surface area (Å²) < 4.78 is 11.5. The molecule has 0 aromatic rings. The van der Waals surface area contributed by atoms with Crippen molar-refractivity contribution in [1.82, 2.24) is 4.90 Å². The van der Waals surface area contributed by atoms with Crippen LogP contribution in [0.5, 0.6) is 0 Å². The third-order valence-corrected chi connectivity index (χ3v) is 4.27. The minimum atomic E-state index is -1.72. The van der Waals surface area contributed by atoms with E-state index in [2.05, 4.69) is 31.5 Å². The largest absolute Gasteiger partial charge is 0.297 e. The Balaban J connectivity index is 0.00000144. The van der Waals surface area contributed by atoms with Gasteiger partial charge in [0.15, 0.2) is 0 Å². The molecular formula is C10H23NOS. The van der Waals surface area contributed by atoms with Crippen LogP contribution < -0.4 is 0 Å². The molecule has 1 fully saturated rings. The zero-order valence-electron chi connectivity index (χ0n) is 8.30. The fourth-order valence-electron chi connectivity index (χ4n) is 1.44. The van der Waals surface area contributed by atoms with Gasteiger partial charge >= 0.3 is 0 Å². The van der Waals surface area contributed by atoms with Crippen LogP contribution in [0.3, 0.4) is 0 Å². The molecule has 0 atom stereocenters. The molecule has 3 heteroatoms. The molecule has 1 aliphatic heterocycles. The normalized spacial score (nSPS) is 23.6. The minimum Gasteiger partial charge on any atom is -0.297 e. The molecule has 0 saturated carbocycles.